The number of phenolic OH excluding ortho intramolecular Hbond substituents is 3. The van der Waals surface area contributed by atoms with Crippen molar-refractivity contribution in [3.8, 4) is 28.7 Å². The Kier molecular flexibility index (Phi) is 8.14. The molecule has 0 saturated carbocycles. The van der Waals surface area contributed by atoms with Gasteiger partial charge >= 0.3 is 11.9 Å². The molecule has 0 aliphatic carbocycles. The molecule has 0 unspecified atom stereocenters. The quantitative estimate of drug-likeness (QED) is 0.113. The summed E-state index contributed by atoms with van der Waals surface area (Å²) in [5, 5.41) is 43.1. The SMILES string of the molecule is Cc1cc(Cc2cc(Cc3ccccc3)c(O)c(O)c2O)c(C(C)C)cc1Oc1ccc(C(F)(F)F)cc1[N+](=O)[O-]. The summed E-state index contributed by atoms with van der Waals surface area (Å²) in [6.07, 6.45) is -4.25. The molecule has 4 rings (SSSR count). The summed E-state index contributed by atoms with van der Waals surface area (Å²) in [5.74, 6) is -1.66. The zero-order chi connectivity index (χ0) is 30.1. The average Bonchev–Trinajstić information content (AvgIpc) is 2.91. The van der Waals surface area contributed by atoms with Crippen LogP contribution in [0.3, 0.4) is 0 Å². The predicted octanol–water partition coefficient (Wildman–Crippen LogP) is 8.14. The van der Waals surface area contributed by atoms with E-state index in [1.807, 2.05) is 44.2 Å². The van der Waals surface area contributed by atoms with Gasteiger partial charge in [-0.15, -0.1) is 0 Å². The van der Waals surface area contributed by atoms with Gasteiger partial charge in [-0.25, -0.2) is 0 Å². The second-order valence-corrected chi connectivity index (χ2v) is 10.1. The van der Waals surface area contributed by atoms with E-state index < -0.39 is 39.6 Å². The number of alkyl halides is 3. The summed E-state index contributed by atoms with van der Waals surface area (Å²) in [6.45, 7) is 5.51. The van der Waals surface area contributed by atoms with Crippen molar-refractivity contribution < 1.29 is 38.2 Å². The van der Waals surface area contributed by atoms with Crippen LogP contribution in [-0.2, 0) is 19.0 Å². The Labute approximate surface area is 234 Å². The van der Waals surface area contributed by atoms with Crippen molar-refractivity contribution >= 4 is 5.69 Å². The van der Waals surface area contributed by atoms with E-state index in [9.17, 15) is 38.6 Å². The fourth-order valence-corrected chi connectivity index (χ4v) is 4.66. The Bertz CT molecular complexity index is 1600. The number of benzene rings is 4. The molecule has 0 aliphatic rings. The normalized spacial score (nSPS) is 11.6. The number of phenols is 3. The molecule has 4 aromatic carbocycles. The van der Waals surface area contributed by atoms with Crippen molar-refractivity contribution in [2.24, 2.45) is 0 Å². The van der Waals surface area contributed by atoms with Crippen LogP contribution in [0.2, 0.25) is 0 Å². The second kappa shape index (κ2) is 11.4. The fourth-order valence-electron chi connectivity index (χ4n) is 4.66. The van der Waals surface area contributed by atoms with Gasteiger partial charge in [0, 0.05) is 30.0 Å². The molecule has 0 radical (unpaired) electrons. The van der Waals surface area contributed by atoms with Gasteiger partial charge in [-0.1, -0.05) is 50.2 Å². The highest BCUT2D eigenvalue weighted by atomic mass is 19.4. The lowest BCUT2D eigenvalue weighted by Crippen LogP contribution is -2.06. The largest absolute Gasteiger partial charge is 0.504 e. The molecule has 214 valence electrons. The van der Waals surface area contributed by atoms with Crippen molar-refractivity contribution in [1.29, 1.82) is 0 Å². The van der Waals surface area contributed by atoms with E-state index in [0.717, 1.165) is 28.8 Å². The summed E-state index contributed by atoms with van der Waals surface area (Å²) < 4.78 is 45.1. The van der Waals surface area contributed by atoms with Crippen LogP contribution >= 0.6 is 0 Å². The number of nitrogens with zero attached hydrogens (tertiary/aromatic N) is 1. The highest BCUT2D eigenvalue weighted by Crippen LogP contribution is 2.44. The van der Waals surface area contributed by atoms with Crippen LogP contribution in [0, 0.1) is 17.0 Å². The molecule has 0 aromatic heterocycles. The van der Waals surface area contributed by atoms with Crippen LogP contribution in [0.15, 0.2) is 66.7 Å². The minimum absolute atomic E-state index is 0.0767. The standard InChI is InChI=1S/C31H28F3NO6/c1-17(2)24-16-27(41-26-10-9-23(31(32,33)34)15-25(26)35(39)40)18(3)11-20(24)13-22-14-21(28(36)30(38)29(22)37)12-19-7-5-4-6-8-19/h4-11,14-17,36-38H,12-13H2,1-3H3. The summed E-state index contributed by atoms with van der Waals surface area (Å²) in [7, 11) is 0. The molecule has 0 aliphatic heterocycles. The van der Waals surface area contributed by atoms with E-state index in [1.54, 1.807) is 25.1 Å². The number of hydrogen-bond acceptors (Lipinski definition) is 6. The van der Waals surface area contributed by atoms with Crippen molar-refractivity contribution in [1.82, 2.24) is 0 Å². The van der Waals surface area contributed by atoms with Crippen LogP contribution in [0.25, 0.3) is 0 Å². The van der Waals surface area contributed by atoms with Gasteiger partial charge in [0.1, 0.15) is 5.75 Å². The maximum Gasteiger partial charge on any atom is 0.416 e. The Morgan fingerprint density at radius 1 is 0.829 bits per heavy atom. The lowest BCUT2D eigenvalue weighted by molar-refractivity contribution is -0.385. The van der Waals surface area contributed by atoms with Crippen molar-refractivity contribution in [2.75, 3.05) is 0 Å². The van der Waals surface area contributed by atoms with Gasteiger partial charge in [0.05, 0.1) is 10.5 Å². The van der Waals surface area contributed by atoms with Crippen LogP contribution in [-0.4, -0.2) is 20.2 Å². The zero-order valence-electron chi connectivity index (χ0n) is 22.5. The Balaban J connectivity index is 1.72. The van der Waals surface area contributed by atoms with E-state index in [1.165, 1.54) is 0 Å². The molecular formula is C31H28F3NO6. The molecular weight excluding hydrogens is 539 g/mol. The van der Waals surface area contributed by atoms with E-state index in [2.05, 4.69) is 0 Å². The van der Waals surface area contributed by atoms with Crippen LogP contribution in [0.5, 0.6) is 28.7 Å². The number of hydrogen-bond donors (Lipinski definition) is 3. The Morgan fingerprint density at radius 3 is 2.05 bits per heavy atom. The maximum atomic E-state index is 13.1. The molecule has 0 heterocycles. The number of nitro groups is 1. The van der Waals surface area contributed by atoms with Gasteiger partial charge in [-0.05, 0) is 59.4 Å². The van der Waals surface area contributed by atoms with Crippen LogP contribution in [0.4, 0.5) is 18.9 Å². The topological polar surface area (TPSA) is 113 Å². The molecule has 0 fully saturated rings. The summed E-state index contributed by atoms with van der Waals surface area (Å²) in [5.41, 5.74) is 1.80. The molecule has 0 saturated heterocycles. The van der Waals surface area contributed by atoms with Crippen molar-refractivity contribution in [3.63, 3.8) is 0 Å². The lowest BCUT2D eigenvalue weighted by Gasteiger charge is -2.19. The van der Waals surface area contributed by atoms with Gasteiger partial charge in [-0.3, -0.25) is 10.1 Å². The van der Waals surface area contributed by atoms with Gasteiger partial charge in [0.25, 0.3) is 0 Å². The first-order valence-corrected chi connectivity index (χ1v) is 12.7. The first-order chi connectivity index (χ1) is 19.3. The fraction of sp³-hybridized carbons (Fsp3) is 0.226. The number of ether oxygens (including phenoxy) is 1. The van der Waals surface area contributed by atoms with Crippen molar-refractivity contribution in [3.05, 3.63) is 116 Å². The Hall–Kier alpha value is -4.73. The lowest BCUT2D eigenvalue weighted by atomic mass is 9.89. The average molecular weight is 568 g/mol. The molecule has 3 N–H and O–H groups in total. The first-order valence-electron chi connectivity index (χ1n) is 12.7. The highest BCUT2D eigenvalue weighted by Gasteiger charge is 2.33. The van der Waals surface area contributed by atoms with E-state index in [0.29, 0.717) is 29.2 Å². The Morgan fingerprint density at radius 2 is 1.46 bits per heavy atom. The van der Waals surface area contributed by atoms with E-state index >= 15 is 0 Å². The van der Waals surface area contributed by atoms with Crippen LogP contribution < -0.4 is 4.74 Å². The third kappa shape index (κ3) is 6.37. The van der Waals surface area contributed by atoms with E-state index in [4.69, 9.17) is 4.74 Å². The van der Waals surface area contributed by atoms with Crippen LogP contribution in [0.1, 0.15) is 58.7 Å². The highest BCUT2D eigenvalue weighted by molar-refractivity contribution is 5.60. The molecule has 0 bridgehead atoms. The molecule has 0 spiro atoms. The molecule has 0 amide bonds. The molecule has 41 heavy (non-hydrogen) atoms. The molecule has 7 nitrogen and oxygen atoms in total. The summed E-state index contributed by atoms with van der Waals surface area (Å²) in [4.78, 5) is 10.6. The summed E-state index contributed by atoms with van der Waals surface area (Å²) in [6, 6.07) is 16.5. The second-order valence-electron chi connectivity index (χ2n) is 10.1. The predicted molar refractivity (Wildman–Crippen MR) is 147 cm³/mol. The van der Waals surface area contributed by atoms with Gasteiger partial charge in [-0.2, -0.15) is 13.2 Å². The number of halogens is 3. The third-order valence-electron chi connectivity index (χ3n) is 6.79. The molecule has 0 atom stereocenters. The molecule has 4 aromatic rings. The number of rotatable bonds is 8. The van der Waals surface area contributed by atoms with Gasteiger partial charge in [0.15, 0.2) is 11.5 Å². The zero-order valence-corrected chi connectivity index (χ0v) is 22.5. The summed E-state index contributed by atoms with van der Waals surface area (Å²) >= 11 is 0. The van der Waals surface area contributed by atoms with Crippen molar-refractivity contribution in [2.45, 2.75) is 45.7 Å². The van der Waals surface area contributed by atoms with Gasteiger partial charge < -0.3 is 20.1 Å². The minimum Gasteiger partial charge on any atom is -0.504 e. The number of aryl methyl sites for hydroxylation is 1. The third-order valence-corrected chi connectivity index (χ3v) is 6.79. The number of nitro benzene ring substituents is 1. The minimum atomic E-state index is -4.75. The van der Waals surface area contributed by atoms with E-state index in [-0.39, 0.29) is 23.8 Å². The number of aromatic hydroxyl groups is 3. The molecule has 10 heteroatoms. The monoisotopic (exact) mass is 567 g/mol. The smallest absolute Gasteiger partial charge is 0.416 e. The maximum absolute atomic E-state index is 13.1. The van der Waals surface area contributed by atoms with Gasteiger partial charge in [0.2, 0.25) is 11.5 Å². The first kappa shape index (κ1) is 29.3.